The normalized spacial score (nSPS) is 10.7. The van der Waals surface area contributed by atoms with Crippen molar-refractivity contribution in [3.05, 3.63) is 59.2 Å². The van der Waals surface area contributed by atoms with Gasteiger partial charge in [-0.1, -0.05) is 35.9 Å². The molecular formula is C20H26N2O2. The monoisotopic (exact) mass is 326 g/mol. The molecule has 0 aromatic heterocycles. The Labute approximate surface area is 144 Å². The van der Waals surface area contributed by atoms with Gasteiger partial charge < -0.3 is 15.8 Å². The van der Waals surface area contributed by atoms with Crippen LogP contribution in [0.2, 0.25) is 0 Å². The second kappa shape index (κ2) is 8.39. The quantitative estimate of drug-likeness (QED) is 0.764. The van der Waals surface area contributed by atoms with E-state index in [1.807, 2.05) is 44.2 Å². The Morgan fingerprint density at radius 3 is 2.62 bits per heavy atom. The van der Waals surface area contributed by atoms with E-state index in [0.717, 1.165) is 11.1 Å². The fourth-order valence-corrected chi connectivity index (χ4v) is 2.50. The van der Waals surface area contributed by atoms with Gasteiger partial charge in [0.15, 0.2) is 0 Å². The van der Waals surface area contributed by atoms with Gasteiger partial charge in [0, 0.05) is 12.5 Å². The first-order chi connectivity index (χ1) is 11.4. The zero-order chi connectivity index (χ0) is 17.5. The number of anilines is 1. The molecule has 0 bridgehead atoms. The number of nitrogens with one attached hydrogen (secondary N) is 1. The summed E-state index contributed by atoms with van der Waals surface area (Å²) < 4.78 is 5.81. The fraction of sp³-hybridized carbons (Fsp3) is 0.350. The highest BCUT2D eigenvalue weighted by molar-refractivity contribution is 5.76. The van der Waals surface area contributed by atoms with Crippen LogP contribution in [0.3, 0.4) is 0 Å². The highest BCUT2D eigenvalue weighted by Crippen LogP contribution is 2.24. The van der Waals surface area contributed by atoms with Crippen LogP contribution in [0, 0.1) is 6.92 Å². The van der Waals surface area contributed by atoms with Crippen molar-refractivity contribution in [3.63, 3.8) is 0 Å². The second-order valence-corrected chi connectivity index (χ2v) is 6.37. The number of hydrogen-bond donors (Lipinski definition) is 2. The van der Waals surface area contributed by atoms with Gasteiger partial charge in [-0.05, 0) is 50.5 Å². The summed E-state index contributed by atoms with van der Waals surface area (Å²) in [6, 6.07) is 14.1. The van der Waals surface area contributed by atoms with Crippen molar-refractivity contribution in [1.29, 1.82) is 0 Å². The lowest BCUT2D eigenvalue weighted by molar-refractivity contribution is -0.121. The summed E-state index contributed by atoms with van der Waals surface area (Å²) in [5.41, 5.74) is 10.0. The summed E-state index contributed by atoms with van der Waals surface area (Å²) in [7, 11) is 0. The molecule has 0 radical (unpaired) electrons. The molecule has 2 aromatic rings. The average molecular weight is 326 g/mol. The molecule has 24 heavy (non-hydrogen) atoms. The molecule has 4 heteroatoms. The van der Waals surface area contributed by atoms with Gasteiger partial charge in [-0.15, -0.1) is 0 Å². The Hall–Kier alpha value is -2.49. The molecule has 0 saturated carbocycles. The van der Waals surface area contributed by atoms with E-state index >= 15 is 0 Å². The predicted octanol–water partition coefficient (Wildman–Crippen LogP) is 3.61. The van der Waals surface area contributed by atoms with Crippen LogP contribution < -0.4 is 15.8 Å². The van der Waals surface area contributed by atoms with Crippen molar-refractivity contribution in [2.24, 2.45) is 0 Å². The lowest BCUT2D eigenvalue weighted by Gasteiger charge is -2.11. The minimum atomic E-state index is 0.0587. The van der Waals surface area contributed by atoms with Gasteiger partial charge >= 0.3 is 0 Å². The van der Waals surface area contributed by atoms with Crippen LogP contribution in [0.25, 0.3) is 0 Å². The van der Waals surface area contributed by atoms with Crippen molar-refractivity contribution >= 4 is 11.6 Å². The number of ether oxygens (including phenoxy) is 1. The van der Waals surface area contributed by atoms with Crippen molar-refractivity contribution in [2.75, 3.05) is 5.73 Å². The van der Waals surface area contributed by atoms with E-state index in [4.69, 9.17) is 10.5 Å². The van der Waals surface area contributed by atoms with Gasteiger partial charge in [-0.2, -0.15) is 0 Å². The Morgan fingerprint density at radius 1 is 1.17 bits per heavy atom. The van der Waals surface area contributed by atoms with Crippen LogP contribution in [0.5, 0.6) is 5.75 Å². The van der Waals surface area contributed by atoms with Gasteiger partial charge in [0.1, 0.15) is 12.4 Å². The Balaban J connectivity index is 1.91. The van der Waals surface area contributed by atoms with Crippen molar-refractivity contribution in [1.82, 2.24) is 5.32 Å². The first kappa shape index (κ1) is 17.9. The van der Waals surface area contributed by atoms with Gasteiger partial charge in [0.25, 0.3) is 0 Å². The molecule has 0 heterocycles. The van der Waals surface area contributed by atoms with E-state index in [0.29, 0.717) is 30.9 Å². The van der Waals surface area contributed by atoms with Crippen LogP contribution >= 0.6 is 0 Å². The fourth-order valence-electron chi connectivity index (χ4n) is 2.50. The largest absolute Gasteiger partial charge is 0.487 e. The molecule has 0 atom stereocenters. The van der Waals surface area contributed by atoms with E-state index in [9.17, 15) is 4.79 Å². The minimum Gasteiger partial charge on any atom is -0.487 e. The summed E-state index contributed by atoms with van der Waals surface area (Å²) in [5.74, 6) is 0.732. The topological polar surface area (TPSA) is 64.3 Å². The van der Waals surface area contributed by atoms with Crippen LogP contribution in [0.4, 0.5) is 5.69 Å². The third-order valence-corrected chi connectivity index (χ3v) is 3.64. The number of carbonyl (C=O) groups excluding carboxylic acids is 1. The number of aryl methyl sites for hydroxylation is 2. The average Bonchev–Trinajstić information content (AvgIpc) is 2.51. The molecule has 0 aliphatic carbocycles. The summed E-state index contributed by atoms with van der Waals surface area (Å²) in [5, 5.41) is 2.89. The van der Waals surface area contributed by atoms with Gasteiger partial charge in [-0.3, -0.25) is 4.79 Å². The highest BCUT2D eigenvalue weighted by atomic mass is 16.5. The standard InChI is InChI=1S/C20H26N2O2/c1-14(2)22-20(23)10-8-16-7-9-19(18(21)12-16)24-13-17-6-4-5-15(3)11-17/h4-7,9,11-12,14H,8,10,13,21H2,1-3H3,(H,22,23). The SMILES string of the molecule is Cc1cccc(COc2ccc(CCC(=O)NC(C)C)cc2N)c1. The molecule has 2 aromatic carbocycles. The summed E-state index contributed by atoms with van der Waals surface area (Å²) >= 11 is 0. The number of carbonyl (C=O) groups is 1. The Morgan fingerprint density at radius 2 is 1.96 bits per heavy atom. The molecule has 2 rings (SSSR count). The van der Waals surface area contributed by atoms with E-state index in [-0.39, 0.29) is 11.9 Å². The molecule has 128 valence electrons. The zero-order valence-electron chi connectivity index (χ0n) is 14.6. The van der Waals surface area contributed by atoms with Crippen LogP contribution in [-0.4, -0.2) is 11.9 Å². The molecule has 4 nitrogen and oxygen atoms in total. The minimum absolute atomic E-state index is 0.0587. The number of amides is 1. The highest BCUT2D eigenvalue weighted by Gasteiger charge is 2.07. The van der Waals surface area contributed by atoms with E-state index < -0.39 is 0 Å². The first-order valence-electron chi connectivity index (χ1n) is 8.30. The maximum Gasteiger partial charge on any atom is 0.220 e. The van der Waals surface area contributed by atoms with E-state index in [1.165, 1.54) is 5.56 Å². The molecule has 0 spiro atoms. The molecule has 1 amide bonds. The Bertz CT molecular complexity index is 696. The number of rotatable bonds is 7. The third-order valence-electron chi connectivity index (χ3n) is 3.64. The number of hydrogen-bond acceptors (Lipinski definition) is 3. The number of benzene rings is 2. The van der Waals surface area contributed by atoms with E-state index in [2.05, 4.69) is 24.4 Å². The number of nitrogen functional groups attached to an aromatic ring is 1. The van der Waals surface area contributed by atoms with Crippen LogP contribution in [0.15, 0.2) is 42.5 Å². The third kappa shape index (κ3) is 5.61. The molecule has 0 aliphatic heterocycles. The lowest BCUT2D eigenvalue weighted by Crippen LogP contribution is -2.30. The molecule has 3 N–H and O–H groups in total. The summed E-state index contributed by atoms with van der Waals surface area (Å²) in [4.78, 5) is 11.7. The maximum atomic E-state index is 11.7. The van der Waals surface area contributed by atoms with Crippen molar-refractivity contribution < 1.29 is 9.53 Å². The first-order valence-corrected chi connectivity index (χ1v) is 8.30. The molecule has 0 fully saturated rings. The molecule has 0 aliphatic rings. The predicted molar refractivity (Wildman–Crippen MR) is 98.0 cm³/mol. The molecular weight excluding hydrogens is 300 g/mol. The van der Waals surface area contributed by atoms with Crippen molar-refractivity contribution in [2.45, 2.75) is 46.3 Å². The van der Waals surface area contributed by atoms with Crippen LogP contribution in [0.1, 0.15) is 37.0 Å². The summed E-state index contributed by atoms with van der Waals surface area (Å²) in [6.07, 6.45) is 1.13. The van der Waals surface area contributed by atoms with Crippen LogP contribution in [-0.2, 0) is 17.8 Å². The maximum absolute atomic E-state index is 11.7. The van der Waals surface area contributed by atoms with E-state index in [1.54, 1.807) is 0 Å². The van der Waals surface area contributed by atoms with Gasteiger partial charge in [0.2, 0.25) is 5.91 Å². The zero-order valence-corrected chi connectivity index (χ0v) is 14.6. The smallest absolute Gasteiger partial charge is 0.220 e. The number of nitrogens with two attached hydrogens (primary N) is 1. The van der Waals surface area contributed by atoms with Gasteiger partial charge in [0.05, 0.1) is 5.69 Å². The second-order valence-electron chi connectivity index (χ2n) is 6.37. The molecule has 0 unspecified atom stereocenters. The lowest BCUT2D eigenvalue weighted by atomic mass is 10.1. The van der Waals surface area contributed by atoms with Crippen molar-refractivity contribution in [3.8, 4) is 5.75 Å². The molecule has 0 saturated heterocycles. The Kier molecular flexibility index (Phi) is 6.24. The summed E-state index contributed by atoms with van der Waals surface area (Å²) in [6.45, 7) is 6.45. The van der Waals surface area contributed by atoms with Gasteiger partial charge in [-0.25, -0.2) is 0 Å².